The number of hydrogen-bond donors (Lipinski definition) is 2. The Morgan fingerprint density at radius 1 is 1.44 bits per heavy atom. The number of aryl methyl sites for hydroxylation is 1. The number of carbonyl (C=O) groups is 1. The van der Waals surface area contributed by atoms with Crippen LogP contribution in [-0.2, 0) is 6.54 Å². The van der Waals surface area contributed by atoms with E-state index in [0.717, 1.165) is 21.3 Å². The molecule has 1 aromatic carbocycles. The molecule has 0 bridgehead atoms. The number of halogens is 1. The van der Waals surface area contributed by atoms with Crippen LogP contribution in [0.4, 0.5) is 5.69 Å². The maximum absolute atomic E-state index is 11.0. The maximum Gasteiger partial charge on any atom is 0.346 e. The van der Waals surface area contributed by atoms with E-state index in [4.69, 9.17) is 5.11 Å². The van der Waals surface area contributed by atoms with Crippen LogP contribution in [0.25, 0.3) is 0 Å². The molecular weight excluding hydrogens is 314 g/mol. The topological polar surface area (TPSA) is 49.3 Å². The first-order chi connectivity index (χ1) is 8.56. The van der Waals surface area contributed by atoms with Crippen LogP contribution in [0, 0.1) is 6.92 Å². The minimum absolute atomic E-state index is 0.397. The van der Waals surface area contributed by atoms with Crippen LogP contribution < -0.4 is 5.32 Å². The Morgan fingerprint density at radius 3 is 2.89 bits per heavy atom. The van der Waals surface area contributed by atoms with Gasteiger partial charge in [0.15, 0.2) is 0 Å². The van der Waals surface area contributed by atoms with E-state index in [1.807, 2.05) is 31.2 Å². The third-order valence-electron chi connectivity index (χ3n) is 2.47. The first-order valence-corrected chi connectivity index (χ1v) is 7.04. The highest BCUT2D eigenvalue weighted by atomic mass is 79.9. The van der Waals surface area contributed by atoms with Gasteiger partial charge in [-0.1, -0.05) is 15.9 Å². The predicted octanol–water partition coefficient (Wildman–Crippen LogP) is 4.13. The van der Waals surface area contributed by atoms with E-state index in [1.165, 1.54) is 11.3 Å². The Bertz CT molecular complexity index is 560. The third kappa shape index (κ3) is 3.11. The average molecular weight is 326 g/mol. The zero-order valence-electron chi connectivity index (χ0n) is 9.74. The van der Waals surface area contributed by atoms with E-state index in [2.05, 4.69) is 21.2 Å². The number of aromatic carboxylic acids is 1. The molecule has 0 aliphatic rings. The number of anilines is 1. The highest BCUT2D eigenvalue weighted by Gasteiger charge is 2.11. The van der Waals surface area contributed by atoms with Crippen LogP contribution in [0.3, 0.4) is 0 Å². The van der Waals surface area contributed by atoms with E-state index in [9.17, 15) is 4.79 Å². The van der Waals surface area contributed by atoms with Crippen molar-refractivity contribution in [1.29, 1.82) is 0 Å². The van der Waals surface area contributed by atoms with Crippen molar-refractivity contribution in [3.8, 4) is 0 Å². The Hall–Kier alpha value is -1.33. The van der Waals surface area contributed by atoms with Crippen molar-refractivity contribution in [3.63, 3.8) is 0 Å². The van der Waals surface area contributed by atoms with Gasteiger partial charge in [0.2, 0.25) is 0 Å². The molecule has 0 aliphatic heterocycles. The fourth-order valence-corrected chi connectivity index (χ4v) is 3.07. The molecule has 1 aromatic heterocycles. The van der Waals surface area contributed by atoms with Gasteiger partial charge < -0.3 is 10.4 Å². The largest absolute Gasteiger partial charge is 0.477 e. The first-order valence-electron chi connectivity index (χ1n) is 5.37. The molecule has 0 radical (unpaired) electrons. The van der Waals surface area contributed by atoms with Crippen molar-refractivity contribution in [3.05, 3.63) is 50.1 Å². The number of benzene rings is 1. The van der Waals surface area contributed by atoms with Gasteiger partial charge in [-0.05, 0) is 47.7 Å². The normalized spacial score (nSPS) is 10.3. The summed E-state index contributed by atoms with van der Waals surface area (Å²) in [5, 5.41) is 14.1. The van der Waals surface area contributed by atoms with Crippen molar-refractivity contribution < 1.29 is 9.90 Å². The summed E-state index contributed by atoms with van der Waals surface area (Å²) in [5.74, 6) is -0.868. The molecule has 0 fully saturated rings. The molecule has 1 heterocycles. The first kappa shape index (κ1) is 13.1. The van der Waals surface area contributed by atoms with Crippen molar-refractivity contribution in [2.75, 3.05) is 5.32 Å². The number of thiophene rings is 1. The van der Waals surface area contributed by atoms with Crippen molar-refractivity contribution in [1.82, 2.24) is 0 Å². The summed E-state index contributed by atoms with van der Waals surface area (Å²) in [7, 11) is 0. The van der Waals surface area contributed by atoms with Crippen molar-refractivity contribution in [2.45, 2.75) is 13.5 Å². The SMILES string of the molecule is Cc1cc(Br)cc(NCc2ccsc2C(=O)O)c1. The van der Waals surface area contributed by atoms with Crippen LogP contribution in [-0.4, -0.2) is 11.1 Å². The molecule has 0 unspecified atom stereocenters. The predicted molar refractivity (Wildman–Crippen MR) is 77.5 cm³/mol. The molecule has 0 spiro atoms. The van der Waals surface area contributed by atoms with E-state index < -0.39 is 5.97 Å². The lowest BCUT2D eigenvalue weighted by atomic mass is 10.2. The minimum atomic E-state index is -0.868. The summed E-state index contributed by atoms with van der Waals surface area (Å²) >= 11 is 4.69. The lowest BCUT2D eigenvalue weighted by molar-refractivity contribution is 0.0701. The highest BCUT2D eigenvalue weighted by molar-refractivity contribution is 9.10. The Kier molecular flexibility index (Phi) is 4.04. The van der Waals surface area contributed by atoms with Crippen LogP contribution in [0.5, 0.6) is 0 Å². The Labute approximate surface area is 118 Å². The second kappa shape index (κ2) is 5.54. The zero-order valence-corrected chi connectivity index (χ0v) is 12.1. The Morgan fingerprint density at radius 2 is 2.22 bits per heavy atom. The van der Waals surface area contributed by atoms with Crippen LogP contribution in [0.15, 0.2) is 34.1 Å². The smallest absolute Gasteiger partial charge is 0.346 e. The number of carboxylic acid groups (broad SMARTS) is 1. The molecule has 2 rings (SSSR count). The molecule has 0 atom stereocenters. The summed E-state index contributed by atoms with van der Waals surface area (Å²) < 4.78 is 1.01. The molecule has 3 nitrogen and oxygen atoms in total. The molecule has 0 saturated carbocycles. The van der Waals surface area contributed by atoms with Gasteiger partial charge in [0.25, 0.3) is 0 Å². The van der Waals surface area contributed by atoms with Crippen molar-refractivity contribution in [2.24, 2.45) is 0 Å². The summed E-state index contributed by atoms with van der Waals surface area (Å²) in [5.41, 5.74) is 2.94. The van der Waals surface area contributed by atoms with Crippen LogP contribution >= 0.6 is 27.3 Å². The summed E-state index contributed by atoms with van der Waals surface area (Å²) in [6.07, 6.45) is 0. The van der Waals surface area contributed by atoms with Gasteiger partial charge in [-0.2, -0.15) is 0 Å². The van der Waals surface area contributed by atoms with Gasteiger partial charge in [-0.3, -0.25) is 0 Å². The lowest BCUT2D eigenvalue weighted by Crippen LogP contribution is -2.04. The molecule has 2 aromatic rings. The van der Waals surface area contributed by atoms with Gasteiger partial charge in [0, 0.05) is 16.7 Å². The Balaban J connectivity index is 2.11. The minimum Gasteiger partial charge on any atom is -0.477 e. The molecular formula is C13H12BrNO2S. The summed E-state index contributed by atoms with van der Waals surface area (Å²) in [6.45, 7) is 2.53. The number of carboxylic acids is 1. The van der Waals surface area contributed by atoms with Gasteiger partial charge in [0.05, 0.1) is 0 Å². The second-order valence-corrected chi connectivity index (χ2v) is 5.78. The van der Waals surface area contributed by atoms with Crippen LogP contribution in [0.1, 0.15) is 20.8 Å². The van der Waals surface area contributed by atoms with E-state index in [0.29, 0.717) is 11.4 Å². The van der Waals surface area contributed by atoms with Gasteiger partial charge in [0.1, 0.15) is 4.88 Å². The standard InChI is InChI=1S/C13H12BrNO2S/c1-8-4-10(14)6-11(5-8)15-7-9-2-3-18-12(9)13(16)17/h2-6,15H,7H2,1H3,(H,16,17). The lowest BCUT2D eigenvalue weighted by Gasteiger charge is -2.08. The number of rotatable bonds is 4. The van der Waals surface area contributed by atoms with E-state index in [1.54, 1.807) is 5.38 Å². The quantitative estimate of drug-likeness (QED) is 0.888. The highest BCUT2D eigenvalue weighted by Crippen LogP contribution is 2.22. The van der Waals surface area contributed by atoms with Crippen LogP contribution in [0.2, 0.25) is 0 Å². The number of hydrogen-bond acceptors (Lipinski definition) is 3. The van der Waals surface area contributed by atoms with Gasteiger partial charge in [-0.15, -0.1) is 11.3 Å². The number of nitrogens with one attached hydrogen (secondary N) is 1. The van der Waals surface area contributed by atoms with E-state index in [-0.39, 0.29) is 0 Å². The molecule has 0 amide bonds. The van der Waals surface area contributed by atoms with Gasteiger partial charge in [-0.25, -0.2) is 4.79 Å². The second-order valence-electron chi connectivity index (χ2n) is 3.95. The van der Waals surface area contributed by atoms with E-state index >= 15 is 0 Å². The molecule has 0 aliphatic carbocycles. The van der Waals surface area contributed by atoms with Gasteiger partial charge >= 0.3 is 5.97 Å². The summed E-state index contributed by atoms with van der Waals surface area (Å²) in [6, 6.07) is 7.86. The fraction of sp³-hybridized carbons (Fsp3) is 0.154. The molecule has 0 saturated heterocycles. The molecule has 18 heavy (non-hydrogen) atoms. The van der Waals surface area contributed by atoms with Crippen molar-refractivity contribution >= 4 is 38.9 Å². The average Bonchev–Trinajstić information content (AvgIpc) is 2.73. The maximum atomic E-state index is 11.0. The zero-order chi connectivity index (χ0) is 13.1. The molecule has 94 valence electrons. The summed E-state index contributed by atoms with van der Waals surface area (Å²) in [4.78, 5) is 11.4. The monoisotopic (exact) mass is 325 g/mol. The molecule has 5 heteroatoms. The third-order valence-corrected chi connectivity index (χ3v) is 3.87. The molecule has 2 N–H and O–H groups in total. The fourth-order valence-electron chi connectivity index (χ4n) is 1.70.